The van der Waals surface area contributed by atoms with Crippen LogP contribution in [0.25, 0.3) is 0 Å². The van der Waals surface area contributed by atoms with Crippen LogP contribution in [0.15, 0.2) is 24.3 Å². The third-order valence-corrected chi connectivity index (χ3v) is 3.81. The highest BCUT2D eigenvalue weighted by atomic mass is 35.5. The lowest BCUT2D eigenvalue weighted by atomic mass is 9.83. The summed E-state index contributed by atoms with van der Waals surface area (Å²) >= 11 is 6.05. The van der Waals surface area contributed by atoms with Gasteiger partial charge in [0.1, 0.15) is 5.60 Å². The maximum Gasteiger partial charge on any atom is 0.410 e. The van der Waals surface area contributed by atoms with E-state index in [1.54, 1.807) is 4.90 Å². The van der Waals surface area contributed by atoms with Crippen LogP contribution in [-0.2, 0) is 10.3 Å². The van der Waals surface area contributed by atoms with Crippen LogP contribution < -0.4 is 5.73 Å². The van der Waals surface area contributed by atoms with E-state index in [1.807, 2.05) is 45.0 Å². The molecule has 1 heterocycles. The van der Waals surface area contributed by atoms with Crippen molar-refractivity contribution in [3.63, 3.8) is 0 Å². The number of amides is 1. The fourth-order valence-electron chi connectivity index (χ4n) is 2.60. The normalized spacial score (nSPS) is 23.0. The van der Waals surface area contributed by atoms with Crippen LogP contribution >= 0.6 is 11.6 Å². The fourth-order valence-corrected chi connectivity index (χ4v) is 2.79. The summed E-state index contributed by atoms with van der Waals surface area (Å²) in [5.41, 5.74) is 6.43. The predicted molar refractivity (Wildman–Crippen MR) is 84.4 cm³/mol. The number of likely N-dealkylation sites (tertiary alicyclic amines) is 1. The number of hydrogen-bond acceptors (Lipinski definition) is 3. The molecule has 0 saturated carbocycles. The molecule has 0 bridgehead atoms. The van der Waals surface area contributed by atoms with Gasteiger partial charge in [0.2, 0.25) is 0 Å². The zero-order chi connectivity index (χ0) is 15.7. The van der Waals surface area contributed by atoms with Gasteiger partial charge in [-0.15, -0.1) is 0 Å². The molecule has 1 aromatic carbocycles. The summed E-state index contributed by atoms with van der Waals surface area (Å²) in [6, 6.07) is 7.55. The second-order valence-corrected chi connectivity index (χ2v) is 7.11. The van der Waals surface area contributed by atoms with Crippen molar-refractivity contribution in [1.82, 2.24) is 4.90 Å². The Balaban J connectivity index is 2.15. The van der Waals surface area contributed by atoms with E-state index in [1.165, 1.54) is 0 Å². The number of rotatable bonds is 1. The van der Waals surface area contributed by atoms with E-state index in [-0.39, 0.29) is 6.09 Å². The molecule has 0 aliphatic carbocycles. The Morgan fingerprint density at radius 1 is 1.43 bits per heavy atom. The number of nitrogens with two attached hydrogens (primary N) is 1. The zero-order valence-corrected chi connectivity index (χ0v) is 13.6. The summed E-state index contributed by atoms with van der Waals surface area (Å²) in [5.74, 6) is 0. The minimum Gasteiger partial charge on any atom is -0.444 e. The molecule has 0 aromatic heterocycles. The minimum absolute atomic E-state index is 0.306. The molecular formula is C16H23ClN2O2. The third-order valence-electron chi connectivity index (χ3n) is 3.58. The first kappa shape index (κ1) is 16.1. The molecule has 1 saturated heterocycles. The first-order chi connectivity index (χ1) is 9.70. The van der Waals surface area contributed by atoms with Crippen LogP contribution in [0.1, 0.15) is 39.2 Å². The van der Waals surface area contributed by atoms with Gasteiger partial charge in [-0.1, -0.05) is 23.7 Å². The van der Waals surface area contributed by atoms with Crippen molar-refractivity contribution in [3.8, 4) is 0 Å². The molecular weight excluding hydrogens is 288 g/mol. The van der Waals surface area contributed by atoms with Crippen LogP contribution in [-0.4, -0.2) is 29.7 Å². The Kier molecular flexibility index (Phi) is 4.49. The predicted octanol–water partition coefficient (Wildman–Crippen LogP) is 3.52. The van der Waals surface area contributed by atoms with Gasteiger partial charge in [0.05, 0.1) is 5.54 Å². The van der Waals surface area contributed by atoms with E-state index >= 15 is 0 Å². The summed E-state index contributed by atoms with van der Waals surface area (Å²) in [7, 11) is 0. The Morgan fingerprint density at radius 3 is 2.76 bits per heavy atom. The molecule has 1 aromatic rings. The smallest absolute Gasteiger partial charge is 0.410 e. The van der Waals surface area contributed by atoms with Gasteiger partial charge in [0, 0.05) is 18.1 Å². The molecule has 1 atom stereocenters. The number of halogens is 1. The minimum atomic E-state index is -0.569. The number of carbonyl (C=O) groups excluding carboxylic acids is 1. The van der Waals surface area contributed by atoms with Gasteiger partial charge in [-0.3, -0.25) is 0 Å². The molecule has 116 valence electrons. The first-order valence-corrected chi connectivity index (χ1v) is 7.60. The van der Waals surface area contributed by atoms with Crippen molar-refractivity contribution in [2.45, 2.75) is 44.8 Å². The van der Waals surface area contributed by atoms with E-state index < -0.39 is 11.1 Å². The molecule has 1 fully saturated rings. The lowest BCUT2D eigenvalue weighted by Crippen LogP contribution is -2.54. The largest absolute Gasteiger partial charge is 0.444 e. The number of piperidine rings is 1. The number of nitrogens with zero attached hydrogens (tertiary/aromatic N) is 1. The van der Waals surface area contributed by atoms with Gasteiger partial charge in [-0.25, -0.2) is 4.79 Å². The zero-order valence-electron chi connectivity index (χ0n) is 12.9. The van der Waals surface area contributed by atoms with Gasteiger partial charge < -0.3 is 15.4 Å². The Hall–Kier alpha value is -1.26. The number of benzene rings is 1. The van der Waals surface area contributed by atoms with E-state index in [0.717, 1.165) is 18.4 Å². The molecule has 2 rings (SSSR count). The summed E-state index contributed by atoms with van der Waals surface area (Å²) in [4.78, 5) is 13.9. The van der Waals surface area contributed by atoms with Gasteiger partial charge in [-0.05, 0) is 51.3 Å². The van der Waals surface area contributed by atoms with Crippen LogP contribution in [0.3, 0.4) is 0 Å². The van der Waals surface area contributed by atoms with Gasteiger partial charge in [-0.2, -0.15) is 0 Å². The van der Waals surface area contributed by atoms with Crippen molar-refractivity contribution in [2.24, 2.45) is 5.73 Å². The van der Waals surface area contributed by atoms with E-state index in [4.69, 9.17) is 22.1 Å². The third kappa shape index (κ3) is 4.11. The van der Waals surface area contributed by atoms with Crippen molar-refractivity contribution in [3.05, 3.63) is 34.9 Å². The van der Waals surface area contributed by atoms with Crippen molar-refractivity contribution < 1.29 is 9.53 Å². The molecule has 0 radical (unpaired) electrons. The second kappa shape index (κ2) is 5.85. The van der Waals surface area contributed by atoms with Crippen molar-refractivity contribution >= 4 is 17.7 Å². The van der Waals surface area contributed by atoms with Crippen LogP contribution in [0.2, 0.25) is 5.02 Å². The van der Waals surface area contributed by atoms with E-state index in [2.05, 4.69) is 0 Å². The maximum atomic E-state index is 12.2. The summed E-state index contributed by atoms with van der Waals surface area (Å²) in [6.45, 7) is 6.71. The summed E-state index contributed by atoms with van der Waals surface area (Å²) in [5, 5.41) is 0.659. The Labute approximate surface area is 131 Å². The highest BCUT2D eigenvalue weighted by molar-refractivity contribution is 6.30. The van der Waals surface area contributed by atoms with Gasteiger partial charge in [0.15, 0.2) is 0 Å². The van der Waals surface area contributed by atoms with E-state index in [9.17, 15) is 4.79 Å². The SMILES string of the molecule is CC(C)(C)OC(=O)N1CCCC(N)(c2cccc(Cl)c2)C1. The molecule has 1 unspecified atom stereocenters. The number of hydrogen-bond donors (Lipinski definition) is 1. The molecule has 5 heteroatoms. The average Bonchev–Trinajstić information content (AvgIpc) is 2.37. The van der Waals surface area contributed by atoms with Crippen molar-refractivity contribution in [2.75, 3.05) is 13.1 Å². The summed E-state index contributed by atoms with van der Waals surface area (Å²) in [6.07, 6.45) is 1.37. The molecule has 0 spiro atoms. The number of ether oxygens (including phenoxy) is 1. The van der Waals surface area contributed by atoms with Gasteiger partial charge in [0.25, 0.3) is 0 Å². The highest BCUT2D eigenvalue weighted by Crippen LogP contribution is 2.31. The quantitative estimate of drug-likeness (QED) is 0.863. The van der Waals surface area contributed by atoms with E-state index in [0.29, 0.717) is 18.1 Å². The Morgan fingerprint density at radius 2 is 2.14 bits per heavy atom. The van der Waals surface area contributed by atoms with Crippen molar-refractivity contribution in [1.29, 1.82) is 0 Å². The average molecular weight is 311 g/mol. The van der Waals surface area contributed by atoms with Crippen LogP contribution in [0, 0.1) is 0 Å². The second-order valence-electron chi connectivity index (χ2n) is 6.67. The Bertz CT molecular complexity index is 527. The lowest BCUT2D eigenvalue weighted by Gasteiger charge is -2.41. The first-order valence-electron chi connectivity index (χ1n) is 7.22. The molecule has 4 nitrogen and oxygen atoms in total. The van der Waals surface area contributed by atoms with Gasteiger partial charge >= 0.3 is 6.09 Å². The number of carbonyl (C=O) groups is 1. The summed E-state index contributed by atoms with van der Waals surface area (Å²) < 4.78 is 5.44. The fraction of sp³-hybridized carbons (Fsp3) is 0.562. The lowest BCUT2D eigenvalue weighted by molar-refractivity contribution is 0.0137. The molecule has 1 aliphatic heterocycles. The maximum absolute atomic E-state index is 12.2. The topological polar surface area (TPSA) is 55.6 Å². The standard InChI is InChI=1S/C16H23ClN2O2/c1-15(2,3)21-14(20)19-9-5-8-16(18,11-19)12-6-4-7-13(17)10-12/h4,6-7,10H,5,8-9,11,18H2,1-3H3. The molecule has 1 amide bonds. The highest BCUT2D eigenvalue weighted by Gasteiger charge is 2.36. The molecule has 1 aliphatic rings. The van der Waals surface area contributed by atoms with Crippen LogP contribution in [0.4, 0.5) is 4.79 Å². The monoisotopic (exact) mass is 310 g/mol. The molecule has 21 heavy (non-hydrogen) atoms. The van der Waals surface area contributed by atoms with Crippen LogP contribution in [0.5, 0.6) is 0 Å². The molecule has 2 N–H and O–H groups in total.